The Bertz CT molecular complexity index is 477. The summed E-state index contributed by atoms with van der Waals surface area (Å²) in [5.74, 6) is 2.49. The van der Waals surface area contributed by atoms with Crippen LogP contribution in [0.3, 0.4) is 0 Å². The number of carbonyl (C=O) groups excluding carboxylic acids is 1. The van der Waals surface area contributed by atoms with Gasteiger partial charge >= 0.3 is 0 Å². The second-order valence-corrected chi connectivity index (χ2v) is 5.69. The lowest BCUT2D eigenvalue weighted by atomic mass is 10.2. The lowest BCUT2D eigenvalue weighted by Gasteiger charge is -2.31. The van der Waals surface area contributed by atoms with Crippen molar-refractivity contribution >= 4 is 35.0 Å². The lowest BCUT2D eigenvalue weighted by Crippen LogP contribution is -2.48. The zero-order chi connectivity index (χ0) is 12.5. The molecule has 2 aliphatic heterocycles. The number of hydrogen-bond acceptors (Lipinski definition) is 4. The Morgan fingerprint density at radius 3 is 3.22 bits per heavy atom. The van der Waals surface area contributed by atoms with Gasteiger partial charge < -0.3 is 9.64 Å². The molecule has 1 aromatic carbocycles. The molecule has 0 aliphatic carbocycles. The predicted octanol–water partition coefficient (Wildman–Crippen LogP) is 1.73. The summed E-state index contributed by atoms with van der Waals surface area (Å²) in [5, 5.41) is 3.81. The van der Waals surface area contributed by atoms with Gasteiger partial charge in [-0.3, -0.25) is 10.1 Å². The summed E-state index contributed by atoms with van der Waals surface area (Å²) in [6, 6.07) is 5.28. The van der Waals surface area contributed by atoms with E-state index in [2.05, 4.69) is 5.32 Å². The molecule has 2 aliphatic rings. The van der Waals surface area contributed by atoms with Crippen LogP contribution in [0.2, 0.25) is 5.02 Å². The summed E-state index contributed by atoms with van der Waals surface area (Å²) in [6.07, 6.45) is 0. The summed E-state index contributed by atoms with van der Waals surface area (Å²) in [6.45, 7) is 1.11. The van der Waals surface area contributed by atoms with Crippen LogP contribution in [0.25, 0.3) is 0 Å². The van der Waals surface area contributed by atoms with E-state index in [4.69, 9.17) is 16.3 Å². The first-order valence-electron chi connectivity index (χ1n) is 5.80. The van der Waals surface area contributed by atoms with Crippen LogP contribution in [-0.4, -0.2) is 36.7 Å². The van der Waals surface area contributed by atoms with Crippen molar-refractivity contribution < 1.29 is 9.53 Å². The number of nitrogens with zero attached hydrogens (tertiary/aromatic N) is 1. The maximum atomic E-state index is 12.4. The van der Waals surface area contributed by atoms with Gasteiger partial charge in [0.1, 0.15) is 12.4 Å². The lowest BCUT2D eigenvalue weighted by molar-refractivity contribution is -0.120. The van der Waals surface area contributed by atoms with Crippen molar-refractivity contribution in [3.63, 3.8) is 0 Å². The van der Waals surface area contributed by atoms with Gasteiger partial charge in [0.2, 0.25) is 5.91 Å². The van der Waals surface area contributed by atoms with Crippen molar-refractivity contribution in [3.8, 4) is 5.75 Å². The molecule has 1 unspecified atom stereocenters. The van der Waals surface area contributed by atoms with Crippen LogP contribution in [0, 0.1) is 0 Å². The average Bonchev–Trinajstić information content (AvgIpc) is 2.91. The number of carbonyl (C=O) groups is 1. The third kappa shape index (κ3) is 2.18. The first-order valence-corrected chi connectivity index (χ1v) is 7.34. The molecule has 4 nitrogen and oxygen atoms in total. The van der Waals surface area contributed by atoms with Crippen LogP contribution in [-0.2, 0) is 4.79 Å². The molecule has 1 atom stereocenters. The second-order valence-electron chi connectivity index (χ2n) is 4.22. The average molecular weight is 285 g/mol. The molecule has 0 saturated carbocycles. The number of nitrogens with one attached hydrogen (secondary N) is 1. The fourth-order valence-electron chi connectivity index (χ4n) is 2.16. The minimum Gasteiger partial charge on any atom is -0.490 e. The number of thioether (sulfide) groups is 1. The summed E-state index contributed by atoms with van der Waals surface area (Å²) < 4.78 is 5.54. The van der Waals surface area contributed by atoms with Crippen LogP contribution < -0.4 is 15.0 Å². The van der Waals surface area contributed by atoms with Crippen molar-refractivity contribution in [1.29, 1.82) is 0 Å². The third-order valence-corrected chi connectivity index (χ3v) is 4.24. The molecule has 3 rings (SSSR count). The summed E-state index contributed by atoms with van der Waals surface area (Å²) in [4.78, 5) is 14.2. The number of amides is 1. The van der Waals surface area contributed by atoms with Gasteiger partial charge in [-0.05, 0) is 18.2 Å². The summed E-state index contributed by atoms with van der Waals surface area (Å²) in [7, 11) is 0. The van der Waals surface area contributed by atoms with Crippen molar-refractivity contribution in [2.75, 3.05) is 29.7 Å². The van der Waals surface area contributed by atoms with Gasteiger partial charge in [-0.1, -0.05) is 11.6 Å². The summed E-state index contributed by atoms with van der Waals surface area (Å²) in [5.41, 5.74) is 0.775. The van der Waals surface area contributed by atoms with Crippen LogP contribution >= 0.6 is 23.4 Å². The fourth-order valence-corrected chi connectivity index (χ4v) is 3.26. The van der Waals surface area contributed by atoms with Crippen LogP contribution in [0.4, 0.5) is 5.69 Å². The molecule has 0 radical (unpaired) electrons. The van der Waals surface area contributed by atoms with Gasteiger partial charge in [0.05, 0.1) is 18.3 Å². The highest BCUT2D eigenvalue weighted by atomic mass is 35.5. The first-order chi connectivity index (χ1) is 8.75. The molecule has 0 aromatic heterocycles. The molecular weight excluding hydrogens is 272 g/mol. The topological polar surface area (TPSA) is 41.6 Å². The molecule has 18 heavy (non-hydrogen) atoms. The molecule has 2 heterocycles. The fraction of sp³-hybridized carbons (Fsp3) is 0.417. The number of hydrogen-bond donors (Lipinski definition) is 1. The van der Waals surface area contributed by atoms with Crippen molar-refractivity contribution in [3.05, 3.63) is 23.2 Å². The molecule has 1 saturated heterocycles. The first kappa shape index (κ1) is 12.1. The predicted molar refractivity (Wildman–Crippen MR) is 73.5 cm³/mol. The Morgan fingerprint density at radius 2 is 2.44 bits per heavy atom. The highest BCUT2D eigenvalue weighted by Crippen LogP contribution is 2.34. The van der Waals surface area contributed by atoms with E-state index in [1.54, 1.807) is 28.8 Å². The molecule has 1 amide bonds. The van der Waals surface area contributed by atoms with Crippen molar-refractivity contribution in [2.45, 2.75) is 6.04 Å². The molecule has 6 heteroatoms. The smallest absolute Gasteiger partial charge is 0.245 e. The van der Waals surface area contributed by atoms with Gasteiger partial charge in [0, 0.05) is 16.7 Å². The Morgan fingerprint density at radius 1 is 1.56 bits per heavy atom. The number of halogens is 1. The Labute approximate surface area is 115 Å². The van der Waals surface area contributed by atoms with E-state index in [0.717, 1.165) is 23.1 Å². The van der Waals surface area contributed by atoms with E-state index in [-0.39, 0.29) is 11.9 Å². The molecule has 1 N–H and O–H groups in total. The largest absolute Gasteiger partial charge is 0.490 e. The standard InChI is InChI=1S/C12H13ClN2O2S/c13-8-1-2-11-10(5-8)15(3-4-17-11)12(16)9-6-18-7-14-9/h1-2,5,9,14H,3-4,6-7H2. The van der Waals surface area contributed by atoms with Crippen LogP contribution in [0.1, 0.15) is 0 Å². The minimum atomic E-state index is -0.0973. The van der Waals surface area contributed by atoms with Crippen LogP contribution in [0.15, 0.2) is 18.2 Å². The SMILES string of the molecule is O=C(C1CSCN1)N1CCOc2ccc(Cl)cc21. The van der Waals surface area contributed by atoms with Crippen LogP contribution in [0.5, 0.6) is 5.75 Å². The van der Waals surface area contributed by atoms with E-state index in [9.17, 15) is 4.79 Å². The second kappa shape index (κ2) is 4.99. The highest BCUT2D eigenvalue weighted by molar-refractivity contribution is 7.99. The molecular formula is C12H13ClN2O2S. The number of benzene rings is 1. The van der Waals surface area contributed by atoms with E-state index in [1.807, 2.05) is 6.07 Å². The Balaban J connectivity index is 1.90. The monoisotopic (exact) mass is 284 g/mol. The molecule has 96 valence electrons. The van der Waals surface area contributed by atoms with Gasteiger partial charge in [-0.2, -0.15) is 0 Å². The van der Waals surface area contributed by atoms with Gasteiger partial charge in [0.25, 0.3) is 0 Å². The van der Waals surface area contributed by atoms with E-state index in [0.29, 0.717) is 18.2 Å². The van der Waals surface area contributed by atoms with Crippen molar-refractivity contribution in [1.82, 2.24) is 5.32 Å². The number of rotatable bonds is 1. The number of anilines is 1. The molecule has 1 fully saturated rings. The maximum absolute atomic E-state index is 12.4. The van der Waals surface area contributed by atoms with Gasteiger partial charge in [-0.25, -0.2) is 0 Å². The zero-order valence-electron chi connectivity index (χ0n) is 9.69. The van der Waals surface area contributed by atoms with Gasteiger partial charge in [-0.15, -0.1) is 11.8 Å². The minimum absolute atomic E-state index is 0.0973. The number of ether oxygens (including phenoxy) is 1. The maximum Gasteiger partial charge on any atom is 0.245 e. The normalized spacial score (nSPS) is 22.5. The Hall–Kier alpha value is -0.910. The quantitative estimate of drug-likeness (QED) is 0.853. The highest BCUT2D eigenvalue weighted by Gasteiger charge is 2.31. The molecule has 1 aromatic rings. The van der Waals surface area contributed by atoms with Gasteiger partial charge in [0.15, 0.2) is 0 Å². The van der Waals surface area contributed by atoms with E-state index >= 15 is 0 Å². The Kier molecular flexibility index (Phi) is 3.37. The zero-order valence-corrected chi connectivity index (χ0v) is 11.3. The van der Waals surface area contributed by atoms with Crippen molar-refractivity contribution in [2.24, 2.45) is 0 Å². The summed E-state index contributed by atoms with van der Waals surface area (Å²) >= 11 is 7.74. The number of fused-ring (bicyclic) bond motifs is 1. The molecule has 0 spiro atoms. The van der Waals surface area contributed by atoms with E-state index < -0.39 is 0 Å². The molecule has 0 bridgehead atoms. The van der Waals surface area contributed by atoms with E-state index in [1.165, 1.54) is 0 Å². The third-order valence-electron chi connectivity index (χ3n) is 3.06.